The standard InChI is InChI=1S/C26H36ClN3O5S/c1-6-22(26(32)28-19(2)3)29(18-20-13-15-21(27)16-14-20)25(31)12-9-17-30(36(5,33)34)23-10-7-8-11-24(23)35-4/h7-8,10-11,13-16,19,22H,6,9,12,17-18H2,1-5H3,(H,28,32)/t22-/m0/s1. The number of carbonyl (C=O) groups is 2. The first-order chi connectivity index (χ1) is 17.0. The molecule has 0 aliphatic heterocycles. The molecule has 0 aromatic heterocycles. The van der Waals surface area contributed by atoms with E-state index in [-0.39, 0.29) is 43.8 Å². The normalized spacial score (nSPS) is 12.2. The number of rotatable bonds is 13. The van der Waals surface area contributed by atoms with Gasteiger partial charge in [-0.2, -0.15) is 0 Å². The molecule has 0 aliphatic carbocycles. The molecule has 36 heavy (non-hydrogen) atoms. The minimum Gasteiger partial charge on any atom is -0.495 e. The van der Waals surface area contributed by atoms with E-state index in [0.717, 1.165) is 11.8 Å². The zero-order chi connectivity index (χ0) is 26.9. The van der Waals surface area contributed by atoms with Crippen LogP contribution in [0.1, 0.15) is 45.6 Å². The van der Waals surface area contributed by atoms with Crippen molar-refractivity contribution in [2.45, 2.75) is 58.7 Å². The Bertz CT molecular complexity index is 1120. The van der Waals surface area contributed by atoms with Crippen molar-refractivity contribution in [2.75, 3.05) is 24.2 Å². The van der Waals surface area contributed by atoms with Gasteiger partial charge in [0.1, 0.15) is 11.8 Å². The maximum Gasteiger partial charge on any atom is 0.243 e. The largest absolute Gasteiger partial charge is 0.495 e. The zero-order valence-electron chi connectivity index (χ0n) is 21.5. The number of nitrogens with zero attached hydrogens (tertiary/aromatic N) is 2. The first kappa shape index (κ1) is 29.5. The Morgan fingerprint density at radius 3 is 2.28 bits per heavy atom. The number of carbonyl (C=O) groups excluding carboxylic acids is 2. The molecule has 2 aromatic rings. The molecule has 0 spiro atoms. The second kappa shape index (κ2) is 13.5. The van der Waals surface area contributed by atoms with Crippen molar-refractivity contribution in [1.29, 1.82) is 0 Å². The van der Waals surface area contributed by atoms with Crippen LogP contribution in [-0.4, -0.2) is 57.1 Å². The highest BCUT2D eigenvalue weighted by Gasteiger charge is 2.29. The van der Waals surface area contributed by atoms with Crippen LogP contribution in [-0.2, 0) is 26.2 Å². The third-order valence-electron chi connectivity index (χ3n) is 5.59. The molecule has 0 radical (unpaired) electrons. The van der Waals surface area contributed by atoms with E-state index in [0.29, 0.717) is 22.9 Å². The van der Waals surface area contributed by atoms with Gasteiger partial charge in [0.25, 0.3) is 0 Å². The highest BCUT2D eigenvalue weighted by atomic mass is 35.5. The zero-order valence-corrected chi connectivity index (χ0v) is 23.1. The van der Waals surface area contributed by atoms with Crippen molar-refractivity contribution >= 4 is 39.1 Å². The SMILES string of the molecule is CC[C@@H](C(=O)NC(C)C)N(Cc1ccc(Cl)cc1)C(=O)CCCN(c1ccccc1OC)S(C)(=O)=O. The predicted octanol–water partition coefficient (Wildman–Crippen LogP) is 4.23. The average Bonchev–Trinajstić information content (AvgIpc) is 2.81. The Labute approximate surface area is 219 Å². The summed E-state index contributed by atoms with van der Waals surface area (Å²) < 4.78 is 31.6. The molecule has 2 amide bonds. The van der Waals surface area contributed by atoms with Gasteiger partial charge in [0.2, 0.25) is 21.8 Å². The summed E-state index contributed by atoms with van der Waals surface area (Å²) in [7, 11) is -2.14. The first-order valence-electron chi connectivity index (χ1n) is 11.9. The van der Waals surface area contributed by atoms with E-state index in [2.05, 4.69) is 5.32 Å². The van der Waals surface area contributed by atoms with Crippen LogP contribution in [0.5, 0.6) is 5.75 Å². The molecule has 0 saturated heterocycles. The van der Waals surface area contributed by atoms with Crippen molar-refractivity contribution in [1.82, 2.24) is 10.2 Å². The Morgan fingerprint density at radius 2 is 1.72 bits per heavy atom. The third kappa shape index (κ3) is 8.41. The lowest BCUT2D eigenvalue weighted by molar-refractivity contribution is -0.141. The van der Waals surface area contributed by atoms with Crippen LogP contribution in [0.4, 0.5) is 5.69 Å². The fraction of sp³-hybridized carbons (Fsp3) is 0.462. The number of ether oxygens (including phenoxy) is 1. The Morgan fingerprint density at radius 1 is 1.08 bits per heavy atom. The molecule has 2 aromatic carbocycles. The number of para-hydroxylation sites is 2. The molecule has 0 bridgehead atoms. The molecule has 0 saturated carbocycles. The highest BCUT2D eigenvalue weighted by Crippen LogP contribution is 2.30. The molecule has 0 unspecified atom stereocenters. The van der Waals surface area contributed by atoms with Crippen molar-refractivity contribution in [3.8, 4) is 5.75 Å². The fourth-order valence-electron chi connectivity index (χ4n) is 3.90. The van der Waals surface area contributed by atoms with Crippen molar-refractivity contribution in [3.63, 3.8) is 0 Å². The molecule has 0 fully saturated rings. The maximum absolute atomic E-state index is 13.4. The fourth-order valence-corrected chi connectivity index (χ4v) is 5.00. The summed E-state index contributed by atoms with van der Waals surface area (Å²) in [6.07, 6.45) is 1.90. The number of hydrogen-bond acceptors (Lipinski definition) is 5. The summed E-state index contributed by atoms with van der Waals surface area (Å²) in [6.45, 7) is 5.93. The smallest absolute Gasteiger partial charge is 0.243 e. The molecular weight excluding hydrogens is 502 g/mol. The molecule has 198 valence electrons. The molecule has 1 N–H and O–H groups in total. The lowest BCUT2D eigenvalue weighted by atomic mass is 10.1. The molecule has 2 rings (SSSR count). The molecular formula is C26H36ClN3O5S. The topological polar surface area (TPSA) is 96.0 Å². The van der Waals surface area contributed by atoms with Crippen LogP contribution in [0.3, 0.4) is 0 Å². The van der Waals surface area contributed by atoms with E-state index < -0.39 is 16.1 Å². The lowest BCUT2D eigenvalue weighted by Crippen LogP contribution is -2.50. The van der Waals surface area contributed by atoms with Crippen LogP contribution in [0, 0.1) is 0 Å². The van der Waals surface area contributed by atoms with Gasteiger partial charge in [0.05, 0.1) is 19.1 Å². The number of methoxy groups -OCH3 is 1. The second-order valence-corrected chi connectivity index (χ2v) is 11.2. The van der Waals surface area contributed by atoms with E-state index in [1.807, 2.05) is 32.9 Å². The van der Waals surface area contributed by atoms with Gasteiger partial charge in [-0.3, -0.25) is 13.9 Å². The van der Waals surface area contributed by atoms with Gasteiger partial charge in [-0.1, -0.05) is 42.8 Å². The first-order valence-corrected chi connectivity index (χ1v) is 14.2. The third-order valence-corrected chi connectivity index (χ3v) is 7.02. The van der Waals surface area contributed by atoms with Crippen LogP contribution in [0.2, 0.25) is 5.02 Å². The Hall–Kier alpha value is -2.78. The quantitative estimate of drug-likeness (QED) is 0.412. The number of hydrogen-bond donors (Lipinski definition) is 1. The van der Waals surface area contributed by atoms with Crippen LogP contribution in [0.15, 0.2) is 48.5 Å². The number of sulfonamides is 1. The number of benzene rings is 2. The number of halogens is 1. The van der Waals surface area contributed by atoms with E-state index in [4.69, 9.17) is 16.3 Å². The molecule has 0 aliphatic rings. The summed E-state index contributed by atoms with van der Waals surface area (Å²) in [4.78, 5) is 27.9. The summed E-state index contributed by atoms with van der Waals surface area (Å²) >= 11 is 6.01. The van der Waals surface area contributed by atoms with Gasteiger partial charge in [-0.25, -0.2) is 8.42 Å². The molecule has 0 heterocycles. The molecule has 8 nitrogen and oxygen atoms in total. The van der Waals surface area contributed by atoms with Crippen LogP contribution in [0.25, 0.3) is 0 Å². The minimum absolute atomic E-state index is 0.0665. The van der Waals surface area contributed by atoms with Gasteiger partial charge in [-0.15, -0.1) is 0 Å². The van der Waals surface area contributed by atoms with Crippen molar-refractivity contribution < 1.29 is 22.7 Å². The van der Waals surface area contributed by atoms with Gasteiger partial charge in [0, 0.05) is 30.6 Å². The summed E-state index contributed by atoms with van der Waals surface area (Å²) in [5.41, 5.74) is 1.26. The van der Waals surface area contributed by atoms with E-state index in [1.165, 1.54) is 11.4 Å². The molecule has 1 atom stereocenters. The van der Waals surface area contributed by atoms with Crippen LogP contribution >= 0.6 is 11.6 Å². The van der Waals surface area contributed by atoms with Crippen molar-refractivity contribution in [3.05, 3.63) is 59.1 Å². The number of nitrogens with one attached hydrogen (secondary N) is 1. The monoisotopic (exact) mass is 537 g/mol. The lowest BCUT2D eigenvalue weighted by Gasteiger charge is -2.31. The van der Waals surface area contributed by atoms with Gasteiger partial charge >= 0.3 is 0 Å². The van der Waals surface area contributed by atoms with E-state index in [9.17, 15) is 18.0 Å². The molecule has 10 heteroatoms. The summed E-state index contributed by atoms with van der Waals surface area (Å²) in [5.74, 6) is -0.0270. The second-order valence-electron chi connectivity index (χ2n) is 8.85. The van der Waals surface area contributed by atoms with Crippen molar-refractivity contribution in [2.24, 2.45) is 0 Å². The predicted molar refractivity (Wildman–Crippen MR) is 144 cm³/mol. The van der Waals surface area contributed by atoms with Crippen LogP contribution < -0.4 is 14.4 Å². The number of anilines is 1. The minimum atomic E-state index is -3.62. The van der Waals surface area contributed by atoms with Gasteiger partial charge < -0.3 is 15.0 Å². The van der Waals surface area contributed by atoms with E-state index >= 15 is 0 Å². The van der Waals surface area contributed by atoms with E-state index in [1.54, 1.807) is 41.3 Å². The average molecular weight is 538 g/mol. The Balaban J connectivity index is 2.24. The summed E-state index contributed by atoms with van der Waals surface area (Å²) in [5, 5.41) is 3.48. The summed E-state index contributed by atoms with van der Waals surface area (Å²) in [6, 6.07) is 13.2. The van der Waals surface area contributed by atoms with Gasteiger partial charge in [0.15, 0.2) is 0 Å². The number of amides is 2. The Kier molecular flexibility index (Phi) is 11.0. The maximum atomic E-state index is 13.4. The van der Waals surface area contributed by atoms with Gasteiger partial charge in [-0.05, 0) is 56.5 Å². The highest BCUT2D eigenvalue weighted by molar-refractivity contribution is 7.92.